The molecule has 0 radical (unpaired) electrons. The van der Waals surface area contributed by atoms with Crippen molar-refractivity contribution in [2.45, 2.75) is 12.5 Å². The highest BCUT2D eigenvalue weighted by Gasteiger charge is 2.13. The first-order chi connectivity index (χ1) is 3.29. The first kappa shape index (κ1) is 8.27. The Morgan fingerprint density at radius 3 is 2.38 bits per heavy atom. The molecular formula is C5H14N2S. The zero-order valence-corrected chi connectivity index (χ0v) is 6.22. The van der Waals surface area contributed by atoms with Gasteiger partial charge in [-0.2, -0.15) is 13.5 Å². The molecule has 1 atom stereocenters. The van der Waals surface area contributed by atoms with Crippen LogP contribution in [-0.4, -0.2) is 31.1 Å². The van der Waals surface area contributed by atoms with E-state index in [2.05, 4.69) is 11.9 Å². The number of rotatable bonds is 0. The molecule has 0 saturated carbocycles. The molecule has 2 nitrogen and oxygen atoms in total. The minimum Gasteiger partial charge on any atom is -0.326 e. The van der Waals surface area contributed by atoms with E-state index >= 15 is 0 Å². The van der Waals surface area contributed by atoms with Crippen molar-refractivity contribution in [1.29, 1.82) is 0 Å². The molecular weight excluding hydrogens is 120 g/mol. The molecule has 0 unspecified atom stereocenters. The summed E-state index contributed by atoms with van der Waals surface area (Å²) in [5, 5.41) is 0. The lowest BCUT2D eigenvalue weighted by atomic mass is 10.3. The third-order valence-electron chi connectivity index (χ3n) is 1.43. The van der Waals surface area contributed by atoms with Crippen LogP contribution in [0.1, 0.15) is 6.42 Å². The first-order valence-corrected chi connectivity index (χ1v) is 2.73. The molecule has 0 amide bonds. The molecule has 1 aliphatic rings. The van der Waals surface area contributed by atoms with E-state index in [4.69, 9.17) is 5.73 Å². The van der Waals surface area contributed by atoms with Crippen molar-refractivity contribution < 1.29 is 0 Å². The number of likely N-dealkylation sites (tertiary alicyclic amines) is 1. The van der Waals surface area contributed by atoms with E-state index < -0.39 is 0 Å². The molecule has 8 heavy (non-hydrogen) atoms. The van der Waals surface area contributed by atoms with Crippen molar-refractivity contribution in [3.8, 4) is 0 Å². The van der Waals surface area contributed by atoms with Crippen LogP contribution in [0.2, 0.25) is 0 Å². The number of hydrogen-bond donors (Lipinski definition) is 1. The van der Waals surface area contributed by atoms with Crippen molar-refractivity contribution in [2.24, 2.45) is 5.73 Å². The van der Waals surface area contributed by atoms with Gasteiger partial charge in [0.25, 0.3) is 0 Å². The number of nitrogens with zero attached hydrogens (tertiary/aromatic N) is 1. The van der Waals surface area contributed by atoms with Gasteiger partial charge in [-0.25, -0.2) is 0 Å². The fourth-order valence-corrected chi connectivity index (χ4v) is 0.969. The van der Waals surface area contributed by atoms with Gasteiger partial charge in [-0.1, -0.05) is 0 Å². The molecule has 0 aromatic heterocycles. The maximum absolute atomic E-state index is 5.58. The van der Waals surface area contributed by atoms with E-state index in [-0.39, 0.29) is 13.5 Å². The Bertz CT molecular complexity index is 59.4. The van der Waals surface area contributed by atoms with Gasteiger partial charge in [0, 0.05) is 12.6 Å². The standard InChI is InChI=1S/C5H12N2.H2S/c1-7-3-2-5(6)4-7;/h5H,2-4,6H2,1H3;1H2/t5-;/m0./s1. The van der Waals surface area contributed by atoms with Crippen LogP contribution in [0.15, 0.2) is 0 Å². The predicted octanol–water partition coefficient (Wildman–Crippen LogP) is -0.238. The molecule has 1 fully saturated rings. The molecule has 2 N–H and O–H groups in total. The van der Waals surface area contributed by atoms with Gasteiger partial charge in [-0.05, 0) is 20.0 Å². The molecule has 1 saturated heterocycles. The average molecular weight is 134 g/mol. The maximum atomic E-state index is 5.58. The molecule has 0 bridgehead atoms. The van der Waals surface area contributed by atoms with E-state index in [1.54, 1.807) is 0 Å². The van der Waals surface area contributed by atoms with E-state index in [0.717, 1.165) is 6.54 Å². The van der Waals surface area contributed by atoms with Gasteiger partial charge in [-0.3, -0.25) is 0 Å². The average Bonchev–Trinajstić information content (AvgIpc) is 1.87. The van der Waals surface area contributed by atoms with Crippen LogP contribution < -0.4 is 5.73 Å². The third kappa shape index (κ3) is 2.03. The lowest BCUT2D eigenvalue weighted by Gasteiger charge is -2.03. The lowest BCUT2D eigenvalue weighted by molar-refractivity contribution is 0.411. The topological polar surface area (TPSA) is 29.3 Å². The van der Waals surface area contributed by atoms with Crippen molar-refractivity contribution in [3.05, 3.63) is 0 Å². The van der Waals surface area contributed by atoms with Crippen LogP contribution in [0.5, 0.6) is 0 Å². The molecule has 1 aliphatic heterocycles. The van der Waals surface area contributed by atoms with Crippen LogP contribution in [0.25, 0.3) is 0 Å². The summed E-state index contributed by atoms with van der Waals surface area (Å²) < 4.78 is 0. The maximum Gasteiger partial charge on any atom is 0.0179 e. The highest BCUT2D eigenvalue weighted by molar-refractivity contribution is 7.59. The Labute approximate surface area is 57.5 Å². The van der Waals surface area contributed by atoms with Gasteiger partial charge in [-0.15, -0.1) is 0 Å². The molecule has 0 aromatic rings. The summed E-state index contributed by atoms with van der Waals surface area (Å²) in [4.78, 5) is 2.25. The van der Waals surface area contributed by atoms with Gasteiger partial charge < -0.3 is 10.6 Å². The van der Waals surface area contributed by atoms with Crippen LogP contribution in [0, 0.1) is 0 Å². The molecule has 1 heterocycles. The molecule has 3 heteroatoms. The van der Waals surface area contributed by atoms with Crippen LogP contribution in [0.4, 0.5) is 0 Å². The summed E-state index contributed by atoms with van der Waals surface area (Å²) in [6, 6.07) is 0.449. The molecule has 50 valence electrons. The van der Waals surface area contributed by atoms with E-state index in [9.17, 15) is 0 Å². The summed E-state index contributed by atoms with van der Waals surface area (Å²) >= 11 is 0. The normalized spacial score (nSPS) is 30.0. The van der Waals surface area contributed by atoms with Crippen LogP contribution in [0.3, 0.4) is 0 Å². The molecule has 1 rings (SSSR count). The molecule has 0 aromatic carbocycles. The van der Waals surface area contributed by atoms with Crippen LogP contribution >= 0.6 is 13.5 Å². The Kier molecular flexibility index (Phi) is 3.44. The fraction of sp³-hybridized carbons (Fsp3) is 1.00. The second kappa shape index (κ2) is 3.33. The zero-order valence-electron chi connectivity index (χ0n) is 5.22. The molecule has 0 spiro atoms. The monoisotopic (exact) mass is 134 g/mol. The zero-order chi connectivity index (χ0) is 5.28. The molecule has 0 aliphatic carbocycles. The highest BCUT2D eigenvalue weighted by Crippen LogP contribution is 2.01. The fourth-order valence-electron chi connectivity index (χ4n) is 0.969. The van der Waals surface area contributed by atoms with Gasteiger partial charge >= 0.3 is 0 Å². The smallest absolute Gasteiger partial charge is 0.0179 e. The van der Waals surface area contributed by atoms with Gasteiger partial charge in [0.15, 0.2) is 0 Å². The van der Waals surface area contributed by atoms with Crippen molar-refractivity contribution >= 4 is 13.5 Å². The minimum atomic E-state index is 0. The Balaban J connectivity index is 0.000000490. The number of likely N-dealkylation sites (N-methyl/N-ethyl adjacent to an activating group) is 1. The van der Waals surface area contributed by atoms with Crippen molar-refractivity contribution in [2.75, 3.05) is 20.1 Å². The number of nitrogens with two attached hydrogens (primary N) is 1. The summed E-state index contributed by atoms with van der Waals surface area (Å²) in [7, 11) is 2.10. The van der Waals surface area contributed by atoms with Crippen molar-refractivity contribution in [1.82, 2.24) is 4.90 Å². The van der Waals surface area contributed by atoms with Gasteiger partial charge in [0.2, 0.25) is 0 Å². The van der Waals surface area contributed by atoms with E-state index in [1.165, 1.54) is 13.0 Å². The minimum absolute atomic E-state index is 0. The highest BCUT2D eigenvalue weighted by atomic mass is 32.1. The van der Waals surface area contributed by atoms with Gasteiger partial charge in [0.05, 0.1) is 0 Å². The quantitative estimate of drug-likeness (QED) is 0.495. The summed E-state index contributed by atoms with van der Waals surface area (Å²) in [5.74, 6) is 0. The van der Waals surface area contributed by atoms with Crippen molar-refractivity contribution in [3.63, 3.8) is 0 Å². The summed E-state index contributed by atoms with van der Waals surface area (Å²) in [6.45, 7) is 2.27. The Hall–Kier alpha value is 0.270. The third-order valence-corrected chi connectivity index (χ3v) is 1.43. The largest absolute Gasteiger partial charge is 0.326 e. The predicted molar refractivity (Wildman–Crippen MR) is 40.5 cm³/mol. The van der Waals surface area contributed by atoms with E-state index in [0.29, 0.717) is 6.04 Å². The second-order valence-corrected chi connectivity index (χ2v) is 2.31. The summed E-state index contributed by atoms with van der Waals surface area (Å²) in [5.41, 5.74) is 5.58. The van der Waals surface area contributed by atoms with E-state index in [1.807, 2.05) is 0 Å². The summed E-state index contributed by atoms with van der Waals surface area (Å²) in [6.07, 6.45) is 1.18. The first-order valence-electron chi connectivity index (χ1n) is 2.73. The number of hydrogen-bond acceptors (Lipinski definition) is 2. The second-order valence-electron chi connectivity index (χ2n) is 2.31. The lowest BCUT2D eigenvalue weighted by Crippen LogP contribution is -2.23. The SMILES string of the molecule is CN1CC[C@H](N)C1.S. The van der Waals surface area contributed by atoms with Crippen LogP contribution in [-0.2, 0) is 0 Å². The van der Waals surface area contributed by atoms with Gasteiger partial charge in [0.1, 0.15) is 0 Å². The Morgan fingerprint density at radius 2 is 2.25 bits per heavy atom. The Morgan fingerprint density at radius 1 is 1.62 bits per heavy atom.